The predicted octanol–water partition coefficient (Wildman–Crippen LogP) is 3.25. The fourth-order valence-electron chi connectivity index (χ4n) is 2.70. The van der Waals surface area contributed by atoms with Gasteiger partial charge >= 0.3 is 6.03 Å². The number of nitrogens with zero attached hydrogens (tertiary/aromatic N) is 1. The average molecular weight is 272 g/mol. The first-order chi connectivity index (χ1) is 9.56. The van der Waals surface area contributed by atoms with Gasteiger partial charge in [0, 0.05) is 11.3 Å². The number of urea groups is 1. The normalized spacial score (nSPS) is 19.1. The maximum atomic E-state index is 12.3. The van der Waals surface area contributed by atoms with E-state index >= 15 is 0 Å². The van der Waals surface area contributed by atoms with E-state index in [1.54, 1.807) is 11.8 Å². The molecule has 1 heterocycles. The van der Waals surface area contributed by atoms with E-state index in [9.17, 15) is 9.59 Å². The summed E-state index contributed by atoms with van der Waals surface area (Å²) in [6.07, 6.45) is 1.70. The fourth-order valence-corrected chi connectivity index (χ4v) is 2.70. The first kappa shape index (κ1) is 14.3. The number of carbonyl (C=O) groups excluding carboxylic acids is 2. The number of ketones is 1. The summed E-state index contributed by atoms with van der Waals surface area (Å²) in [6, 6.07) is 9.03. The van der Waals surface area contributed by atoms with Crippen LogP contribution in [0.2, 0.25) is 0 Å². The van der Waals surface area contributed by atoms with Crippen LogP contribution in [0.25, 0.3) is 0 Å². The Labute approximate surface area is 119 Å². The van der Waals surface area contributed by atoms with E-state index in [2.05, 4.69) is 5.32 Å². The minimum Gasteiger partial charge on any atom is -0.330 e. The number of carbonyl (C=O) groups is 2. The molecule has 1 aromatic rings. The molecule has 106 valence electrons. The number of benzene rings is 1. The van der Waals surface area contributed by atoms with Crippen LogP contribution in [-0.4, -0.2) is 17.9 Å². The molecule has 2 rings (SSSR count). The van der Waals surface area contributed by atoms with Gasteiger partial charge in [0.05, 0.1) is 11.7 Å². The molecule has 4 heteroatoms. The number of allylic oxidation sites excluding steroid dienone is 1. The van der Waals surface area contributed by atoms with Crippen LogP contribution in [0.15, 0.2) is 41.6 Å². The molecule has 4 nitrogen and oxygen atoms in total. The zero-order valence-corrected chi connectivity index (χ0v) is 12.1. The third-order valence-electron chi connectivity index (χ3n) is 3.55. The highest BCUT2D eigenvalue weighted by molar-refractivity contribution is 6.04. The Morgan fingerprint density at radius 3 is 2.50 bits per heavy atom. The Balaban J connectivity index is 2.48. The summed E-state index contributed by atoms with van der Waals surface area (Å²) >= 11 is 0. The van der Waals surface area contributed by atoms with Gasteiger partial charge in [0.2, 0.25) is 0 Å². The third kappa shape index (κ3) is 2.59. The van der Waals surface area contributed by atoms with Crippen LogP contribution >= 0.6 is 0 Å². The third-order valence-corrected chi connectivity index (χ3v) is 3.55. The molecule has 0 aromatic heterocycles. The molecule has 0 unspecified atom stereocenters. The smallest absolute Gasteiger partial charge is 0.326 e. The molecule has 0 saturated carbocycles. The van der Waals surface area contributed by atoms with Crippen molar-refractivity contribution in [1.29, 1.82) is 0 Å². The molecule has 2 amide bonds. The summed E-state index contributed by atoms with van der Waals surface area (Å²) in [5.74, 6) is 0.0156. The lowest BCUT2D eigenvalue weighted by Gasteiger charge is -2.35. The molecular weight excluding hydrogens is 252 g/mol. The first-order valence-electron chi connectivity index (χ1n) is 6.93. The lowest BCUT2D eigenvalue weighted by Crippen LogP contribution is -2.51. The number of hydrogen-bond donors (Lipinski definition) is 1. The number of nitrogens with one attached hydrogen (secondary N) is 1. The molecule has 0 spiro atoms. The van der Waals surface area contributed by atoms with E-state index in [-0.39, 0.29) is 17.9 Å². The lowest BCUT2D eigenvalue weighted by atomic mass is 9.95. The summed E-state index contributed by atoms with van der Waals surface area (Å²) in [4.78, 5) is 25.8. The largest absolute Gasteiger partial charge is 0.330 e. The van der Waals surface area contributed by atoms with Crippen molar-refractivity contribution in [3.05, 3.63) is 41.6 Å². The van der Waals surface area contributed by atoms with Gasteiger partial charge in [-0.05, 0) is 32.4 Å². The van der Waals surface area contributed by atoms with Crippen LogP contribution in [0, 0.1) is 0 Å². The highest BCUT2D eigenvalue weighted by atomic mass is 16.2. The molecule has 0 radical (unpaired) electrons. The predicted molar refractivity (Wildman–Crippen MR) is 79.5 cm³/mol. The molecule has 0 bridgehead atoms. The molecule has 1 aromatic carbocycles. The topological polar surface area (TPSA) is 49.4 Å². The standard InChI is InChI=1S/C16H20N2O2/c1-4-8-14-15(12(3)19)11(2)18(16(20)17-14)13-9-6-5-7-10-13/h5-7,9-10,14H,4,8H2,1-3H3,(H,17,20)/t14-/m0/s1. The highest BCUT2D eigenvalue weighted by Gasteiger charge is 2.33. The van der Waals surface area contributed by atoms with E-state index in [0.717, 1.165) is 24.2 Å². The summed E-state index contributed by atoms with van der Waals surface area (Å²) in [5.41, 5.74) is 2.21. The second-order valence-electron chi connectivity index (χ2n) is 5.02. The van der Waals surface area contributed by atoms with Crippen molar-refractivity contribution >= 4 is 17.5 Å². The van der Waals surface area contributed by atoms with Crippen molar-refractivity contribution in [3.8, 4) is 0 Å². The van der Waals surface area contributed by atoms with Crippen molar-refractivity contribution < 1.29 is 9.59 Å². The van der Waals surface area contributed by atoms with Crippen LogP contribution in [0.5, 0.6) is 0 Å². The number of Topliss-reactive ketones (excluding diaryl/α,β-unsaturated/α-hetero) is 1. The zero-order valence-electron chi connectivity index (χ0n) is 12.1. The number of amides is 2. The second kappa shape index (κ2) is 5.90. The quantitative estimate of drug-likeness (QED) is 0.914. The Bertz CT molecular complexity index is 549. The van der Waals surface area contributed by atoms with Gasteiger partial charge in [0.1, 0.15) is 0 Å². The summed E-state index contributed by atoms with van der Waals surface area (Å²) in [6.45, 7) is 5.44. The molecule has 1 N–H and O–H groups in total. The summed E-state index contributed by atoms with van der Waals surface area (Å²) in [7, 11) is 0. The maximum absolute atomic E-state index is 12.3. The Hall–Kier alpha value is -2.10. The van der Waals surface area contributed by atoms with Gasteiger partial charge in [-0.1, -0.05) is 31.5 Å². The molecule has 0 aliphatic carbocycles. The molecule has 0 fully saturated rings. The van der Waals surface area contributed by atoms with E-state index in [0.29, 0.717) is 5.57 Å². The van der Waals surface area contributed by atoms with Gasteiger partial charge in [0.15, 0.2) is 5.78 Å². The van der Waals surface area contributed by atoms with E-state index in [1.165, 1.54) is 0 Å². The van der Waals surface area contributed by atoms with E-state index < -0.39 is 0 Å². The first-order valence-corrected chi connectivity index (χ1v) is 6.93. The van der Waals surface area contributed by atoms with Crippen molar-refractivity contribution in [2.75, 3.05) is 4.90 Å². The van der Waals surface area contributed by atoms with Crippen LogP contribution in [0.4, 0.5) is 10.5 Å². The minimum absolute atomic E-state index is 0.0156. The van der Waals surface area contributed by atoms with Crippen molar-refractivity contribution in [2.45, 2.75) is 39.7 Å². The van der Waals surface area contributed by atoms with Crippen molar-refractivity contribution in [1.82, 2.24) is 5.32 Å². The van der Waals surface area contributed by atoms with Gasteiger partial charge in [-0.2, -0.15) is 0 Å². The van der Waals surface area contributed by atoms with Gasteiger partial charge in [0.25, 0.3) is 0 Å². The van der Waals surface area contributed by atoms with Gasteiger partial charge in [-0.3, -0.25) is 9.69 Å². The van der Waals surface area contributed by atoms with Gasteiger partial charge in [-0.25, -0.2) is 4.79 Å². The second-order valence-corrected chi connectivity index (χ2v) is 5.02. The van der Waals surface area contributed by atoms with Crippen LogP contribution in [-0.2, 0) is 4.79 Å². The van der Waals surface area contributed by atoms with Gasteiger partial charge in [-0.15, -0.1) is 0 Å². The van der Waals surface area contributed by atoms with E-state index in [1.807, 2.05) is 44.2 Å². The molecule has 1 aliphatic heterocycles. The monoisotopic (exact) mass is 272 g/mol. The highest BCUT2D eigenvalue weighted by Crippen LogP contribution is 2.28. The molecule has 0 saturated heterocycles. The maximum Gasteiger partial charge on any atom is 0.326 e. The molecule has 1 atom stereocenters. The molecular formula is C16H20N2O2. The lowest BCUT2D eigenvalue weighted by molar-refractivity contribution is -0.114. The Morgan fingerprint density at radius 1 is 1.30 bits per heavy atom. The van der Waals surface area contributed by atoms with Gasteiger partial charge < -0.3 is 5.32 Å². The fraction of sp³-hybridized carbons (Fsp3) is 0.375. The Morgan fingerprint density at radius 2 is 1.95 bits per heavy atom. The van der Waals surface area contributed by atoms with Crippen molar-refractivity contribution in [3.63, 3.8) is 0 Å². The number of anilines is 1. The molecule has 20 heavy (non-hydrogen) atoms. The number of para-hydroxylation sites is 1. The molecule has 1 aliphatic rings. The number of rotatable bonds is 4. The summed E-state index contributed by atoms with van der Waals surface area (Å²) < 4.78 is 0. The number of hydrogen-bond acceptors (Lipinski definition) is 2. The van der Waals surface area contributed by atoms with Crippen LogP contribution in [0.1, 0.15) is 33.6 Å². The van der Waals surface area contributed by atoms with E-state index in [4.69, 9.17) is 0 Å². The van der Waals surface area contributed by atoms with Crippen LogP contribution < -0.4 is 10.2 Å². The SMILES string of the molecule is CCC[C@@H]1NC(=O)N(c2ccccc2)C(C)=C1C(C)=O. The summed E-state index contributed by atoms with van der Waals surface area (Å²) in [5, 5.41) is 2.94. The van der Waals surface area contributed by atoms with Crippen LogP contribution in [0.3, 0.4) is 0 Å². The average Bonchev–Trinajstić information content (AvgIpc) is 2.39. The zero-order chi connectivity index (χ0) is 14.7. The minimum atomic E-state index is -0.176. The van der Waals surface area contributed by atoms with Crippen molar-refractivity contribution in [2.24, 2.45) is 0 Å². The Kier molecular flexibility index (Phi) is 4.23.